The van der Waals surface area contributed by atoms with Crippen LogP contribution in [0.25, 0.3) is 0 Å². The first-order chi connectivity index (χ1) is 6.65. The Labute approximate surface area is 85.5 Å². The van der Waals surface area contributed by atoms with Crippen molar-refractivity contribution in [3.05, 3.63) is 0 Å². The Morgan fingerprint density at radius 2 is 2.29 bits per heavy atom. The first-order valence-electron chi connectivity index (χ1n) is 5.45. The van der Waals surface area contributed by atoms with E-state index in [0.717, 1.165) is 12.8 Å². The summed E-state index contributed by atoms with van der Waals surface area (Å²) >= 11 is 0. The number of unbranched alkanes of at least 4 members (excludes halogenated alkanes) is 1. The number of hydrogen-bond acceptors (Lipinski definition) is 2. The van der Waals surface area contributed by atoms with Crippen molar-refractivity contribution in [2.75, 3.05) is 13.1 Å². The minimum Gasteiger partial charge on any atom is -0.342 e. The number of hydrogen-bond donors (Lipinski definition) is 0. The second-order valence-electron chi connectivity index (χ2n) is 4.06. The van der Waals surface area contributed by atoms with E-state index in [0.29, 0.717) is 31.7 Å². The molecule has 0 bridgehead atoms. The fraction of sp³-hybridized carbons (Fsp3) is 0.818. The lowest BCUT2D eigenvalue weighted by atomic mass is 9.98. The summed E-state index contributed by atoms with van der Waals surface area (Å²) in [6.07, 6.45) is 3.18. The molecule has 0 aromatic carbocycles. The first-order valence-corrected chi connectivity index (χ1v) is 5.45. The zero-order valence-electron chi connectivity index (χ0n) is 9.08. The topological polar surface area (TPSA) is 37.4 Å². The van der Waals surface area contributed by atoms with Gasteiger partial charge in [-0.1, -0.05) is 20.3 Å². The molecule has 3 nitrogen and oxygen atoms in total. The van der Waals surface area contributed by atoms with Crippen LogP contribution in [0.5, 0.6) is 0 Å². The lowest BCUT2D eigenvalue weighted by Gasteiger charge is -2.30. The van der Waals surface area contributed by atoms with Gasteiger partial charge in [0.1, 0.15) is 5.78 Å². The van der Waals surface area contributed by atoms with Gasteiger partial charge >= 0.3 is 0 Å². The van der Waals surface area contributed by atoms with Crippen LogP contribution in [0.2, 0.25) is 0 Å². The zero-order chi connectivity index (χ0) is 10.6. The minimum atomic E-state index is 0.0364. The molecule has 0 spiro atoms. The van der Waals surface area contributed by atoms with Crippen molar-refractivity contribution in [3.8, 4) is 0 Å². The largest absolute Gasteiger partial charge is 0.342 e. The average Bonchev–Trinajstić information content (AvgIpc) is 2.18. The van der Waals surface area contributed by atoms with Gasteiger partial charge in [-0.2, -0.15) is 0 Å². The van der Waals surface area contributed by atoms with E-state index >= 15 is 0 Å². The number of piperidine rings is 1. The van der Waals surface area contributed by atoms with Crippen LogP contribution in [0.15, 0.2) is 0 Å². The second-order valence-corrected chi connectivity index (χ2v) is 4.06. The van der Waals surface area contributed by atoms with Gasteiger partial charge in [0.15, 0.2) is 0 Å². The molecule has 1 saturated heterocycles. The van der Waals surface area contributed by atoms with Gasteiger partial charge in [-0.3, -0.25) is 9.59 Å². The van der Waals surface area contributed by atoms with Crippen LogP contribution in [-0.2, 0) is 9.59 Å². The van der Waals surface area contributed by atoms with E-state index in [4.69, 9.17) is 0 Å². The van der Waals surface area contributed by atoms with Gasteiger partial charge in [0, 0.05) is 31.8 Å². The van der Waals surface area contributed by atoms with Gasteiger partial charge in [0.05, 0.1) is 0 Å². The standard InChI is InChI=1S/C11H19NO2/c1-3-4-5-11(14)12-7-6-10(13)9(2)8-12/h9H,3-8H2,1-2H3. The van der Waals surface area contributed by atoms with Crippen molar-refractivity contribution >= 4 is 11.7 Å². The SMILES string of the molecule is CCCCC(=O)N1CCC(=O)C(C)C1. The van der Waals surface area contributed by atoms with E-state index in [9.17, 15) is 9.59 Å². The molecule has 0 saturated carbocycles. The Hall–Kier alpha value is -0.860. The molecule has 14 heavy (non-hydrogen) atoms. The summed E-state index contributed by atoms with van der Waals surface area (Å²) in [5.74, 6) is 0.546. The summed E-state index contributed by atoms with van der Waals surface area (Å²) in [5, 5.41) is 0. The maximum atomic E-state index is 11.6. The fourth-order valence-electron chi connectivity index (χ4n) is 1.73. The molecule has 0 N–H and O–H groups in total. The molecule has 1 atom stereocenters. The monoisotopic (exact) mass is 197 g/mol. The smallest absolute Gasteiger partial charge is 0.222 e. The summed E-state index contributed by atoms with van der Waals surface area (Å²) in [5.41, 5.74) is 0. The van der Waals surface area contributed by atoms with Gasteiger partial charge in [0.2, 0.25) is 5.91 Å². The Morgan fingerprint density at radius 1 is 1.57 bits per heavy atom. The molecule has 0 aliphatic carbocycles. The highest BCUT2D eigenvalue weighted by Gasteiger charge is 2.25. The number of carbonyl (C=O) groups is 2. The normalized spacial score (nSPS) is 22.6. The predicted molar refractivity (Wildman–Crippen MR) is 54.9 cm³/mol. The van der Waals surface area contributed by atoms with Gasteiger partial charge in [-0.15, -0.1) is 0 Å². The number of amides is 1. The van der Waals surface area contributed by atoms with Gasteiger partial charge in [0.25, 0.3) is 0 Å². The highest BCUT2D eigenvalue weighted by Crippen LogP contribution is 2.13. The molecule has 1 unspecified atom stereocenters. The Balaban J connectivity index is 2.38. The van der Waals surface area contributed by atoms with E-state index in [1.165, 1.54) is 0 Å². The molecule has 3 heteroatoms. The highest BCUT2D eigenvalue weighted by atomic mass is 16.2. The van der Waals surface area contributed by atoms with E-state index in [1.807, 2.05) is 11.8 Å². The van der Waals surface area contributed by atoms with E-state index in [2.05, 4.69) is 6.92 Å². The first kappa shape index (κ1) is 11.2. The van der Waals surface area contributed by atoms with Crippen molar-refractivity contribution < 1.29 is 9.59 Å². The summed E-state index contributed by atoms with van der Waals surface area (Å²) in [4.78, 5) is 24.7. The molecule has 1 amide bonds. The molecular weight excluding hydrogens is 178 g/mol. The number of nitrogens with zero attached hydrogens (tertiary/aromatic N) is 1. The van der Waals surface area contributed by atoms with Crippen LogP contribution in [-0.4, -0.2) is 29.7 Å². The van der Waals surface area contributed by atoms with Gasteiger partial charge in [-0.25, -0.2) is 0 Å². The predicted octanol–water partition coefficient (Wildman–Crippen LogP) is 1.61. The summed E-state index contributed by atoms with van der Waals surface area (Å²) in [6, 6.07) is 0. The van der Waals surface area contributed by atoms with Crippen molar-refractivity contribution in [1.29, 1.82) is 0 Å². The molecule has 80 valence electrons. The van der Waals surface area contributed by atoms with E-state index in [-0.39, 0.29) is 11.8 Å². The second kappa shape index (κ2) is 5.13. The lowest BCUT2D eigenvalue weighted by Crippen LogP contribution is -2.43. The maximum Gasteiger partial charge on any atom is 0.222 e. The van der Waals surface area contributed by atoms with Gasteiger partial charge in [-0.05, 0) is 6.42 Å². The summed E-state index contributed by atoms with van der Waals surface area (Å²) in [6.45, 7) is 5.24. The number of likely N-dealkylation sites (tertiary alicyclic amines) is 1. The maximum absolute atomic E-state index is 11.6. The van der Waals surface area contributed by atoms with E-state index in [1.54, 1.807) is 0 Å². The minimum absolute atomic E-state index is 0.0364. The van der Waals surface area contributed by atoms with Crippen molar-refractivity contribution in [3.63, 3.8) is 0 Å². The Kier molecular flexibility index (Phi) is 4.11. The summed E-state index contributed by atoms with van der Waals surface area (Å²) < 4.78 is 0. The number of ketones is 1. The molecule has 1 fully saturated rings. The third-order valence-corrected chi connectivity index (χ3v) is 2.77. The van der Waals surface area contributed by atoms with Crippen LogP contribution in [0.3, 0.4) is 0 Å². The average molecular weight is 197 g/mol. The third kappa shape index (κ3) is 2.82. The molecule has 0 radical (unpaired) electrons. The molecule has 0 aromatic heterocycles. The number of Topliss-reactive ketones (excluding diaryl/α,β-unsaturated/α-hetero) is 1. The van der Waals surface area contributed by atoms with Crippen LogP contribution >= 0.6 is 0 Å². The molecule has 1 aliphatic rings. The number of carbonyl (C=O) groups excluding carboxylic acids is 2. The Bertz CT molecular complexity index is 225. The highest BCUT2D eigenvalue weighted by molar-refractivity contribution is 5.85. The van der Waals surface area contributed by atoms with E-state index < -0.39 is 0 Å². The molecule has 0 aromatic rings. The van der Waals surface area contributed by atoms with Crippen molar-refractivity contribution in [2.45, 2.75) is 39.5 Å². The lowest BCUT2D eigenvalue weighted by molar-refractivity contribution is -0.136. The molecule has 1 rings (SSSR count). The fourth-order valence-corrected chi connectivity index (χ4v) is 1.73. The van der Waals surface area contributed by atoms with Crippen molar-refractivity contribution in [1.82, 2.24) is 4.90 Å². The quantitative estimate of drug-likeness (QED) is 0.689. The van der Waals surface area contributed by atoms with Crippen LogP contribution in [0.1, 0.15) is 39.5 Å². The summed E-state index contributed by atoms with van der Waals surface area (Å²) in [7, 11) is 0. The zero-order valence-corrected chi connectivity index (χ0v) is 9.08. The van der Waals surface area contributed by atoms with Crippen LogP contribution < -0.4 is 0 Å². The molecular formula is C11H19NO2. The van der Waals surface area contributed by atoms with Crippen LogP contribution in [0.4, 0.5) is 0 Å². The Morgan fingerprint density at radius 3 is 2.86 bits per heavy atom. The molecule has 1 heterocycles. The number of rotatable bonds is 3. The van der Waals surface area contributed by atoms with Gasteiger partial charge < -0.3 is 4.90 Å². The van der Waals surface area contributed by atoms with Crippen molar-refractivity contribution in [2.24, 2.45) is 5.92 Å². The molecule has 1 aliphatic heterocycles. The van der Waals surface area contributed by atoms with Crippen LogP contribution in [0, 0.1) is 5.92 Å². The third-order valence-electron chi connectivity index (χ3n) is 2.77.